The summed E-state index contributed by atoms with van der Waals surface area (Å²) in [4.78, 5) is 27.3. The highest BCUT2D eigenvalue weighted by atomic mass is 35.5. The quantitative estimate of drug-likeness (QED) is 0.598. The highest BCUT2D eigenvalue weighted by molar-refractivity contribution is 7.92. The van der Waals surface area contributed by atoms with Gasteiger partial charge in [-0.2, -0.15) is 0 Å². The lowest BCUT2D eigenvalue weighted by molar-refractivity contribution is -0.139. The molecule has 0 spiro atoms. The third kappa shape index (κ3) is 6.46. The number of aryl methyl sites for hydroxylation is 1. The van der Waals surface area contributed by atoms with Crippen molar-refractivity contribution in [1.29, 1.82) is 0 Å². The lowest BCUT2D eigenvalue weighted by Crippen LogP contribution is -2.51. The molecule has 2 aromatic carbocycles. The van der Waals surface area contributed by atoms with Gasteiger partial charge in [0.1, 0.15) is 12.6 Å². The summed E-state index contributed by atoms with van der Waals surface area (Å²) in [7, 11) is -3.79. The number of hydrogen-bond donors (Lipinski definition) is 1. The van der Waals surface area contributed by atoms with Gasteiger partial charge in [0.15, 0.2) is 0 Å². The molecular formula is C23H30ClN3O4S. The molecule has 0 radical (unpaired) electrons. The maximum absolute atomic E-state index is 13.4. The third-order valence-corrected chi connectivity index (χ3v) is 6.71. The maximum atomic E-state index is 13.4. The average molecular weight is 480 g/mol. The summed E-state index contributed by atoms with van der Waals surface area (Å²) < 4.78 is 26.2. The van der Waals surface area contributed by atoms with Crippen molar-refractivity contribution in [3.8, 4) is 0 Å². The Morgan fingerprint density at radius 1 is 1.09 bits per heavy atom. The number of rotatable bonds is 9. The van der Waals surface area contributed by atoms with E-state index in [2.05, 4.69) is 5.32 Å². The Kier molecular flexibility index (Phi) is 8.69. The lowest BCUT2D eigenvalue weighted by Gasteiger charge is -2.32. The molecule has 0 bridgehead atoms. The van der Waals surface area contributed by atoms with Crippen molar-refractivity contribution >= 4 is 39.1 Å². The van der Waals surface area contributed by atoms with Gasteiger partial charge in [0.05, 0.1) is 11.9 Å². The maximum Gasteiger partial charge on any atom is 0.244 e. The van der Waals surface area contributed by atoms with Crippen molar-refractivity contribution in [3.05, 3.63) is 64.2 Å². The van der Waals surface area contributed by atoms with Gasteiger partial charge in [-0.25, -0.2) is 8.42 Å². The molecule has 0 aliphatic carbocycles. The number of carbonyl (C=O) groups excluding carboxylic acids is 2. The highest BCUT2D eigenvalue weighted by Crippen LogP contribution is 2.28. The zero-order chi connectivity index (χ0) is 24.1. The fraction of sp³-hybridized carbons (Fsp3) is 0.391. The molecule has 0 fully saturated rings. The number of hydrogen-bond acceptors (Lipinski definition) is 4. The molecule has 32 heavy (non-hydrogen) atoms. The van der Waals surface area contributed by atoms with Crippen LogP contribution >= 0.6 is 11.6 Å². The van der Waals surface area contributed by atoms with Crippen LogP contribution in [-0.4, -0.2) is 50.5 Å². The minimum absolute atomic E-state index is 0.170. The van der Waals surface area contributed by atoms with E-state index < -0.39 is 28.5 Å². The Bertz CT molecular complexity index is 1070. The molecule has 0 heterocycles. The lowest BCUT2D eigenvalue weighted by atomic mass is 10.1. The van der Waals surface area contributed by atoms with Gasteiger partial charge in [-0.15, -0.1) is 0 Å². The van der Waals surface area contributed by atoms with Crippen LogP contribution in [0, 0.1) is 13.8 Å². The van der Waals surface area contributed by atoms with Crippen molar-refractivity contribution in [2.24, 2.45) is 0 Å². The van der Waals surface area contributed by atoms with Gasteiger partial charge >= 0.3 is 0 Å². The van der Waals surface area contributed by atoms with Crippen LogP contribution in [0.3, 0.4) is 0 Å². The molecule has 0 unspecified atom stereocenters. The number of anilines is 1. The monoisotopic (exact) mass is 479 g/mol. The number of halogens is 1. The molecule has 174 valence electrons. The summed E-state index contributed by atoms with van der Waals surface area (Å²) in [5, 5.41) is 3.12. The number of nitrogens with zero attached hydrogens (tertiary/aromatic N) is 2. The molecule has 1 N–H and O–H groups in total. The third-order valence-electron chi connectivity index (χ3n) is 5.18. The first-order valence-corrected chi connectivity index (χ1v) is 12.5. The fourth-order valence-corrected chi connectivity index (χ4v) is 4.33. The van der Waals surface area contributed by atoms with Crippen molar-refractivity contribution in [2.75, 3.05) is 23.7 Å². The molecule has 0 aliphatic heterocycles. The van der Waals surface area contributed by atoms with Crippen LogP contribution in [0.25, 0.3) is 0 Å². The Labute approximate surface area is 195 Å². The van der Waals surface area contributed by atoms with Gasteiger partial charge < -0.3 is 10.2 Å². The van der Waals surface area contributed by atoms with Crippen molar-refractivity contribution in [2.45, 2.75) is 40.3 Å². The molecule has 0 saturated carbocycles. The summed E-state index contributed by atoms with van der Waals surface area (Å²) >= 11 is 6.18. The summed E-state index contributed by atoms with van der Waals surface area (Å²) in [6.07, 6.45) is 1.04. The molecule has 2 amide bonds. The van der Waals surface area contributed by atoms with Crippen LogP contribution in [0.4, 0.5) is 5.69 Å². The zero-order valence-corrected chi connectivity index (χ0v) is 20.6. The molecule has 2 rings (SSSR count). The van der Waals surface area contributed by atoms with E-state index >= 15 is 0 Å². The van der Waals surface area contributed by atoms with Gasteiger partial charge in [-0.05, 0) is 51.0 Å². The van der Waals surface area contributed by atoms with Crippen molar-refractivity contribution in [1.82, 2.24) is 10.2 Å². The Morgan fingerprint density at radius 2 is 1.72 bits per heavy atom. The second kappa shape index (κ2) is 10.8. The molecule has 0 aromatic heterocycles. The smallest absolute Gasteiger partial charge is 0.244 e. The number of nitrogens with one attached hydrogen (secondary N) is 1. The number of amides is 2. The molecule has 9 heteroatoms. The standard InChI is InChI=1S/C23H30ClN3O4S/c1-6-25-23(29)18(4)26(14-19-12-10-16(2)11-13-19)22(28)15-27(32(5,30)31)21-9-7-8-20(24)17(21)3/h7-13,18H,6,14-15H2,1-5H3,(H,25,29)/t18-/m0/s1. The molecule has 7 nitrogen and oxygen atoms in total. The first-order valence-electron chi connectivity index (χ1n) is 10.3. The molecule has 1 atom stereocenters. The second-order valence-corrected chi connectivity index (χ2v) is 10.0. The van der Waals surface area contributed by atoms with E-state index in [4.69, 9.17) is 11.6 Å². The summed E-state index contributed by atoms with van der Waals surface area (Å²) in [6.45, 7) is 7.23. The van der Waals surface area contributed by atoms with Crippen LogP contribution in [0.15, 0.2) is 42.5 Å². The predicted molar refractivity (Wildman–Crippen MR) is 128 cm³/mol. The number of sulfonamides is 1. The minimum Gasteiger partial charge on any atom is -0.355 e. The molecule has 0 aliphatic rings. The minimum atomic E-state index is -3.79. The molecule has 0 saturated heterocycles. The Hall–Kier alpha value is -2.58. The van der Waals surface area contributed by atoms with E-state index in [0.29, 0.717) is 22.8 Å². The summed E-state index contributed by atoms with van der Waals surface area (Å²) in [6, 6.07) is 11.7. The van der Waals surface area contributed by atoms with E-state index in [0.717, 1.165) is 21.7 Å². The van der Waals surface area contributed by atoms with E-state index in [1.165, 1.54) is 4.90 Å². The fourth-order valence-electron chi connectivity index (χ4n) is 3.26. The van der Waals surface area contributed by atoms with Crippen LogP contribution in [0.5, 0.6) is 0 Å². The summed E-state index contributed by atoms with van der Waals surface area (Å²) in [5.41, 5.74) is 2.79. The normalized spacial score (nSPS) is 12.2. The van der Waals surface area contributed by atoms with Gasteiger partial charge in [-0.1, -0.05) is 47.5 Å². The predicted octanol–water partition coefficient (Wildman–Crippen LogP) is 3.28. The number of benzene rings is 2. The van der Waals surface area contributed by atoms with E-state index in [9.17, 15) is 18.0 Å². The first kappa shape index (κ1) is 25.7. The molecule has 2 aromatic rings. The average Bonchev–Trinajstić information content (AvgIpc) is 2.72. The van der Waals surface area contributed by atoms with Crippen molar-refractivity contribution in [3.63, 3.8) is 0 Å². The van der Waals surface area contributed by atoms with E-state index in [1.54, 1.807) is 39.0 Å². The van der Waals surface area contributed by atoms with E-state index in [-0.39, 0.29) is 12.5 Å². The topological polar surface area (TPSA) is 86.8 Å². The highest BCUT2D eigenvalue weighted by Gasteiger charge is 2.30. The van der Waals surface area contributed by atoms with Crippen LogP contribution in [0.1, 0.15) is 30.5 Å². The van der Waals surface area contributed by atoms with Gasteiger partial charge in [0.25, 0.3) is 0 Å². The van der Waals surface area contributed by atoms with Crippen LogP contribution in [-0.2, 0) is 26.2 Å². The zero-order valence-electron chi connectivity index (χ0n) is 19.1. The van der Waals surface area contributed by atoms with Gasteiger partial charge in [0, 0.05) is 18.1 Å². The summed E-state index contributed by atoms with van der Waals surface area (Å²) in [5.74, 6) is -0.799. The molecular weight excluding hydrogens is 450 g/mol. The van der Waals surface area contributed by atoms with Crippen LogP contribution < -0.4 is 9.62 Å². The second-order valence-electron chi connectivity index (χ2n) is 7.73. The van der Waals surface area contributed by atoms with E-state index in [1.807, 2.05) is 31.2 Å². The van der Waals surface area contributed by atoms with Crippen molar-refractivity contribution < 1.29 is 18.0 Å². The van der Waals surface area contributed by atoms with Gasteiger partial charge in [-0.3, -0.25) is 13.9 Å². The Morgan fingerprint density at radius 3 is 2.28 bits per heavy atom. The number of carbonyl (C=O) groups is 2. The largest absolute Gasteiger partial charge is 0.355 e. The first-order chi connectivity index (χ1) is 15.0. The SMILES string of the molecule is CCNC(=O)[C@H](C)N(Cc1ccc(C)cc1)C(=O)CN(c1cccc(Cl)c1C)S(C)(=O)=O. The number of likely N-dealkylation sites (N-methyl/N-ethyl adjacent to an activating group) is 1. The van der Waals surface area contributed by atoms with Crippen LogP contribution in [0.2, 0.25) is 5.02 Å². The van der Waals surface area contributed by atoms with Gasteiger partial charge in [0.2, 0.25) is 21.8 Å². The Balaban J connectivity index is 2.42.